The summed E-state index contributed by atoms with van der Waals surface area (Å²) in [6, 6.07) is 3.71. The minimum Gasteiger partial charge on any atom is -0.319 e. The van der Waals surface area contributed by atoms with Crippen molar-refractivity contribution < 1.29 is 26.7 Å². The normalized spacial score (nSPS) is 20.1. The van der Waals surface area contributed by atoms with E-state index in [2.05, 4.69) is 22.1 Å². The van der Waals surface area contributed by atoms with Crippen molar-refractivity contribution in [2.45, 2.75) is 49.6 Å². The number of hydrogen-bond donors (Lipinski definition) is 2. The molecule has 0 unspecified atom stereocenters. The fourth-order valence-electron chi connectivity index (χ4n) is 3.30. The number of alkyl halides is 5. The lowest BCUT2D eigenvalue weighted by molar-refractivity contribution is -0.137. The van der Waals surface area contributed by atoms with E-state index < -0.39 is 29.8 Å². The summed E-state index contributed by atoms with van der Waals surface area (Å²) in [4.78, 5) is 12.4. The van der Waals surface area contributed by atoms with Gasteiger partial charge in [-0.2, -0.15) is 18.3 Å². The summed E-state index contributed by atoms with van der Waals surface area (Å²) in [6.45, 7) is 0. The van der Waals surface area contributed by atoms with Crippen molar-refractivity contribution in [3.8, 4) is 0 Å². The molecule has 1 fully saturated rings. The highest BCUT2D eigenvalue weighted by atomic mass is 33.1. The molecule has 11 heteroatoms. The maximum atomic E-state index is 13.4. The van der Waals surface area contributed by atoms with Crippen LogP contribution in [0.15, 0.2) is 30.5 Å². The quantitative estimate of drug-likeness (QED) is 0.326. The first-order chi connectivity index (χ1) is 13.7. The monoisotopic (exact) mass is 451 g/mol. The van der Waals surface area contributed by atoms with E-state index >= 15 is 0 Å². The van der Waals surface area contributed by atoms with Crippen molar-refractivity contribution in [3.05, 3.63) is 47.3 Å². The average Bonchev–Trinajstić information content (AvgIpc) is 3.11. The molecular formula is C18H18F5N3OS2. The Morgan fingerprint density at radius 3 is 2.52 bits per heavy atom. The summed E-state index contributed by atoms with van der Waals surface area (Å²) in [7, 11) is 1.47. The van der Waals surface area contributed by atoms with Crippen LogP contribution in [0.1, 0.15) is 59.8 Å². The first-order valence-corrected chi connectivity index (χ1v) is 10.8. The Morgan fingerprint density at radius 1 is 1.24 bits per heavy atom. The lowest BCUT2D eigenvalue weighted by atomic mass is 9.95. The molecule has 1 aliphatic rings. The minimum atomic E-state index is -4.61. The first kappa shape index (κ1) is 21.9. The van der Waals surface area contributed by atoms with Gasteiger partial charge in [-0.25, -0.2) is 8.78 Å². The van der Waals surface area contributed by atoms with E-state index in [-0.39, 0.29) is 17.3 Å². The summed E-state index contributed by atoms with van der Waals surface area (Å²) in [6.07, 6.45) is -3.00. The molecule has 0 spiro atoms. The molecule has 0 atom stereocenters. The third-order valence-electron chi connectivity index (χ3n) is 4.83. The van der Waals surface area contributed by atoms with Crippen LogP contribution in [-0.2, 0) is 6.18 Å². The number of carbonyl (C=O) groups is 1. The van der Waals surface area contributed by atoms with Gasteiger partial charge in [-0.1, -0.05) is 16.9 Å². The van der Waals surface area contributed by atoms with Gasteiger partial charge in [0.1, 0.15) is 0 Å². The molecule has 1 aromatic carbocycles. The van der Waals surface area contributed by atoms with Gasteiger partial charge >= 0.3 is 6.18 Å². The maximum absolute atomic E-state index is 13.4. The van der Waals surface area contributed by atoms with Crippen LogP contribution in [-0.4, -0.2) is 20.9 Å². The molecule has 1 aromatic heterocycles. The highest BCUT2D eigenvalue weighted by Gasteiger charge is 2.31. The molecule has 0 bridgehead atoms. The molecular weight excluding hydrogens is 433 g/mol. The Kier molecular flexibility index (Phi) is 6.77. The summed E-state index contributed by atoms with van der Waals surface area (Å²) < 4.78 is 66.8. The summed E-state index contributed by atoms with van der Waals surface area (Å²) in [5.74, 6) is -0.910. The average molecular weight is 451 g/mol. The largest absolute Gasteiger partial charge is 0.416 e. The van der Waals surface area contributed by atoms with Gasteiger partial charge in [-0.3, -0.25) is 9.48 Å². The Hall–Kier alpha value is -1.75. The van der Waals surface area contributed by atoms with Gasteiger partial charge in [0.15, 0.2) is 5.69 Å². The molecule has 1 amide bonds. The highest BCUT2D eigenvalue weighted by molar-refractivity contribution is 8.68. The van der Waals surface area contributed by atoms with E-state index in [0.717, 1.165) is 37.8 Å². The van der Waals surface area contributed by atoms with Crippen molar-refractivity contribution in [2.75, 3.05) is 5.32 Å². The zero-order chi connectivity index (χ0) is 21.2. The highest BCUT2D eigenvalue weighted by Crippen LogP contribution is 2.37. The Balaban J connectivity index is 1.80. The number of thiol groups is 1. The zero-order valence-electron chi connectivity index (χ0n) is 15.0. The van der Waals surface area contributed by atoms with Gasteiger partial charge in [0.2, 0.25) is 0 Å². The number of nitrogens with one attached hydrogen (secondary N) is 1. The van der Waals surface area contributed by atoms with Crippen LogP contribution in [0.25, 0.3) is 0 Å². The molecule has 0 radical (unpaired) electrons. The molecule has 29 heavy (non-hydrogen) atoms. The van der Waals surface area contributed by atoms with Gasteiger partial charge in [-0.05, 0) is 43.9 Å². The number of hydrogen-bond acceptors (Lipinski definition) is 4. The van der Waals surface area contributed by atoms with Gasteiger partial charge < -0.3 is 5.32 Å². The van der Waals surface area contributed by atoms with Crippen molar-refractivity contribution >= 4 is 34.0 Å². The molecule has 2 aromatic rings. The smallest absolute Gasteiger partial charge is 0.319 e. The zero-order valence-corrected chi connectivity index (χ0v) is 16.7. The molecule has 1 saturated carbocycles. The molecule has 158 valence electrons. The van der Waals surface area contributed by atoms with Gasteiger partial charge in [0.05, 0.1) is 17.3 Å². The van der Waals surface area contributed by atoms with Crippen LogP contribution in [0.4, 0.5) is 27.6 Å². The summed E-state index contributed by atoms with van der Waals surface area (Å²) in [5.41, 5.74) is -2.07. The van der Waals surface area contributed by atoms with Crippen LogP contribution in [0.3, 0.4) is 0 Å². The third-order valence-corrected chi connectivity index (χ3v) is 6.50. The number of rotatable bonds is 5. The molecule has 3 rings (SSSR count). The predicted molar refractivity (Wildman–Crippen MR) is 104 cm³/mol. The molecule has 1 aliphatic carbocycles. The second kappa shape index (κ2) is 8.95. The van der Waals surface area contributed by atoms with Crippen molar-refractivity contribution in [1.82, 2.24) is 9.78 Å². The number of amides is 1. The van der Waals surface area contributed by atoms with E-state index in [1.807, 2.05) is 0 Å². The minimum absolute atomic E-state index is 0.0801. The fraction of sp³-hybridized carbons (Fsp3) is 0.444. The second-order valence-corrected chi connectivity index (χ2v) is 8.29. The Morgan fingerprint density at radius 2 is 1.93 bits per heavy atom. The topological polar surface area (TPSA) is 46.9 Å². The van der Waals surface area contributed by atoms with E-state index in [1.54, 1.807) is 0 Å². The Labute approximate surface area is 173 Å². The number of aromatic nitrogens is 2. The van der Waals surface area contributed by atoms with E-state index in [4.69, 9.17) is 0 Å². The second-order valence-electron chi connectivity index (χ2n) is 6.78. The lowest BCUT2D eigenvalue weighted by Crippen LogP contribution is -2.19. The number of anilines is 1. The number of nitrogens with zero attached hydrogens (tertiary/aromatic N) is 2. The van der Waals surface area contributed by atoms with Crippen molar-refractivity contribution in [2.24, 2.45) is 0 Å². The van der Waals surface area contributed by atoms with E-state index in [0.29, 0.717) is 11.3 Å². The molecule has 4 nitrogen and oxygen atoms in total. The third kappa shape index (κ3) is 5.25. The van der Waals surface area contributed by atoms with Crippen molar-refractivity contribution in [1.29, 1.82) is 0 Å². The van der Waals surface area contributed by atoms with Gasteiger partial charge in [0.25, 0.3) is 12.3 Å². The molecule has 1 N–H and O–H groups in total. The lowest BCUT2D eigenvalue weighted by Gasteiger charge is -2.27. The standard InChI is InChI=1S/C18H18F5N3OS2/c19-16(20)15-14(9-26(25-15)12-4-6-13(29-28)7-5-12)24-17(27)10-2-1-3-11(8-10)18(21,22)23/h1-3,8-9,12-13,16,28H,4-7H2,(H,24,27)/t12-,13-. The summed E-state index contributed by atoms with van der Waals surface area (Å²) in [5, 5.41) is 6.62. The number of benzene rings is 1. The number of halogens is 5. The SMILES string of the molecule is O=C(Nc1cn([C@H]2CC[C@H](SS)CC2)nc1C(F)F)c1cccc(C(F)(F)F)c1. The molecule has 0 aliphatic heterocycles. The predicted octanol–water partition coefficient (Wildman–Crippen LogP) is 6.15. The Bertz CT molecular complexity index is 863. The van der Waals surface area contributed by atoms with Crippen LogP contribution in [0, 0.1) is 0 Å². The first-order valence-electron chi connectivity index (χ1n) is 8.85. The fourth-order valence-corrected chi connectivity index (χ4v) is 4.41. The van der Waals surface area contributed by atoms with Crippen LogP contribution < -0.4 is 5.32 Å². The van der Waals surface area contributed by atoms with Crippen molar-refractivity contribution in [3.63, 3.8) is 0 Å². The van der Waals surface area contributed by atoms with Gasteiger partial charge in [0, 0.05) is 17.0 Å². The van der Waals surface area contributed by atoms with E-state index in [1.165, 1.54) is 27.7 Å². The summed E-state index contributed by atoms with van der Waals surface area (Å²) >= 11 is 4.20. The van der Waals surface area contributed by atoms with Crippen LogP contribution in [0.2, 0.25) is 0 Å². The van der Waals surface area contributed by atoms with Crippen LogP contribution in [0.5, 0.6) is 0 Å². The van der Waals surface area contributed by atoms with E-state index in [9.17, 15) is 26.7 Å². The number of carbonyl (C=O) groups excluding carboxylic acids is 1. The van der Waals surface area contributed by atoms with Gasteiger partial charge in [-0.15, -0.1) is 11.7 Å². The van der Waals surface area contributed by atoms with Crippen LogP contribution >= 0.6 is 22.5 Å². The molecule has 0 saturated heterocycles. The molecule has 1 heterocycles. The maximum Gasteiger partial charge on any atom is 0.416 e.